The van der Waals surface area contributed by atoms with Crippen LogP contribution in [-0.2, 0) is 11.2 Å². The predicted octanol–water partition coefficient (Wildman–Crippen LogP) is 3.96. The van der Waals surface area contributed by atoms with E-state index in [1.165, 1.54) is 12.5 Å². The molecule has 1 fully saturated rings. The molecule has 2 nitrogen and oxygen atoms in total. The van der Waals surface area contributed by atoms with Gasteiger partial charge < -0.3 is 10.1 Å². The highest BCUT2D eigenvalue weighted by molar-refractivity contribution is 6.30. The number of ether oxygens (including phenoxy) is 1. The van der Waals surface area contributed by atoms with E-state index in [1.54, 1.807) is 19.2 Å². The van der Waals surface area contributed by atoms with E-state index in [4.69, 9.17) is 16.3 Å². The van der Waals surface area contributed by atoms with E-state index in [0.29, 0.717) is 17.0 Å². The van der Waals surface area contributed by atoms with E-state index in [1.807, 2.05) is 0 Å². The summed E-state index contributed by atoms with van der Waals surface area (Å²) >= 11 is 5.80. The number of rotatable bonds is 7. The molecule has 4 heteroatoms. The minimum Gasteiger partial charge on any atom is -0.378 e. The first kappa shape index (κ1) is 15.7. The van der Waals surface area contributed by atoms with Gasteiger partial charge in [0.25, 0.3) is 0 Å². The van der Waals surface area contributed by atoms with E-state index in [9.17, 15) is 4.39 Å². The molecule has 0 bridgehead atoms. The van der Waals surface area contributed by atoms with Crippen molar-refractivity contribution in [3.05, 3.63) is 34.6 Å². The molecule has 1 aromatic carbocycles. The third kappa shape index (κ3) is 3.72. The first-order valence-electron chi connectivity index (χ1n) is 7.31. The Balaban J connectivity index is 2.04. The molecule has 1 aliphatic carbocycles. The molecule has 0 radical (unpaired) electrons. The molecule has 1 saturated carbocycles. The Morgan fingerprint density at radius 2 is 2.20 bits per heavy atom. The smallest absolute Gasteiger partial charge is 0.127 e. The van der Waals surface area contributed by atoms with Gasteiger partial charge in [0.1, 0.15) is 5.82 Å². The molecule has 2 rings (SSSR count). The maximum Gasteiger partial charge on any atom is 0.127 e. The Hall–Kier alpha value is -0.640. The van der Waals surface area contributed by atoms with Gasteiger partial charge in [0.15, 0.2) is 0 Å². The maximum absolute atomic E-state index is 13.9. The van der Waals surface area contributed by atoms with Gasteiger partial charge >= 0.3 is 0 Å². The average molecular weight is 300 g/mol. The van der Waals surface area contributed by atoms with Crippen LogP contribution in [0.2, 0.25) is 5.02 Å². The van der Waals surface area contributed by atoms with Crippen LogP contribution in [0.15, 0.2) is 18.2 Å². The number of methoxy groups -OCH3 is 1. The fraction of sp³-hybridized carbons (Fsp3) is 0.625. The van der Waals surface area contributed by atoms with Gasteiger partial charge in [-0.1, -0.05) is 24.6 Å². The van der Waals surface area contributed by atoms with Crippen LogP contribution in [0.25, 0.3) is 0 Å². The first-order valence-corrected chi connectivity index (χ1v) is 7.69. The lowest BCUT2D eigenvalue weighted by atomic mass is 9.75. The van der Waals surface area contributed by atoms with Gasteiger partial charge in [-0.15, -0.1) is 0 Å². The van der Waals surface area contributed by atoms with E-state index < -0.39 is 0 Å². The van der Waals surface area contributed by atoms with Gasteiger partial charge in [-0.05, 0) is 56.3 Å². The molecular weight excluding hydrogens is 277 g/mol. The van der Waals surface area contributed by atoms with Crippen molar-refractivity contribution in [2.24, 2.45) is 0 Å². The Kier molecular flexibility index (Phi) is 5.42. The minimum atomic E-state index is -0.222. The molecule has 1 aliphatic rings. The molecule has 1 unspecified atom stereocenters. The molecular formula is C16H23ClFNO. The zero-order chi connectivity index (χ0) is 14.6. The van der Waals surface area contributed by atoms with E-state index in [2.05, 4.69) is 12.2 Å². The zero-order valence-electron chi connectivity index (χ0n) is 12.2. The average Bonchev–Trinajstić information content (AvgIpc) is 2.37. The molecule has 1 atom stereocenters. The van der Waals surface area contributed by atoms with Crippen LogP contribution in [0.3, 0.4) is 0 Å². The van der Waals surface area contributed by atoms with Crippen molar-refractivity contribution in [3.8, 4) is 0 Å². The molecule has 0 amide bonds. The molecule has 0 aromatic heterocycles. The summed E-state index contributed by atoms with van der Waals surface area (Å²) in [6, 6.07) is 5.15. The normalized spacial score (nSPS) is 18.6. The molecule has 1 aromatic rings. The maximum atomic E-state index is 13.9. The quantitative estimate of drug-likeness (QED) is 0.823. The van der Waals surface area contributed by atoms with Gasteiger partial charge in [-0.25, -0.2) is 4.39 Å². The number of likely N-dealkylation sites (N-methyl/N-ethyl adjacent to an activating group) is 1. The number of hydrogen-bond acceptors (Lipinski definition) is 2. The van der Waals surface area contributed by atoms with Crippen LogP contribution in [0, 0.1) is 5.82 Å². The van der Waals surface area contributed by atoms with Crippen molar-refractivity contribution < 1.29 is 9.13 Å². The molecule has 112 valence electrons. The Bertz CT molecular complexity index is 443. The second-order valence-electron chi connectivity index (χ2n) is 5.64. The van der Waals surface area contributed by atoms with Crippen LogP contribution in [0.1, 0.15) is 38.2 Å². The summed E-state index contributed by atoms with van der Waals surface area (Å²) in [6.07, 6.45) is 5.03. The second-order valence-corrected chi connectivity index (χ2v) is 6.08. The lowest BCUT2D eigenvalue weighted by Crippen LogP contribution is -2.46. The molecule has 0 spiro atoms. The Morgan fingerprint density at radius 1 is 1.45 bits per heavy atom. The lowest BCUT2D eigenvalue weighted by molar-refractivity contribution is -0.0833. The van der Waals surface area contributed by atoms with Gasteiger partial charge in [0.05, 0.1) is 5.60 Å². The SMILES string of the molecule is CCNC(Cc1ccc(Cl)cc1F)CC1(OC)CCC1. The zero-order valence-corrected chi connectivity index (χ0v) is 13.0. The van der Waals surface area contributed by atoms with Gasteiger partial charge in [-0.3, -0.25) is 0 Å². The summed E-state index contributed by atoms with van der Waals surface area (Å²) in [5.74, 6) is -0.222. The fourth-order valence-corrected chi connectivity index (χ4v) is 3.13. The summed E-state index contributed by atoms with van der Waals surface area (Å²) in [6.45, 7) is 2.95. The standard InChI is InChI=1S/C16H23ClFNO/c1-3-19-14(11-16(20-2)7-4-8-16)9-12-5-6-13(17)10-15(12)18/h5-6,10,14,19H,3-4,7-9,11H2,1-2H3. The van der Waals surface area contributed by atoms with Crippen LogP contribution >= 0.6 is 11.6 Å². The highest BCUT2D eigenvalue weighted by atomic mass is 35.5. The monoisotopic (exact) mass is 299 g/mol. The third-order valence-electron chi connectivity index (χ3n) is 4.29. The number of benzene rings is 1. The molecule has 0 saturated heterocycles. The minimum absolute atomic E-state index is 0.00423. The Morgan fingerprint density at radius 3 is 2.70 bits per heavy atom. The lowest BCUT2D eigenvalue weighted by Gasteiger charge is -2.43. The van der Waals surface area contributed by atoms with Crippen molar-refractivity contribution in [1.82, 2.24) is 5.32 Å². The van der Waals surface area contributed by atoms with Crippen LogP contribution < -0.4 is 5.32 Å². The van der Waals surface area contributed by atoms with Gasteiger partial charge in [0.2, 0.25) is 0 Å². The highest BCUT2D eigenvalue weighted by Crippen LogP contribution is 2.39. The second kappa shape index (κ2) is 6.88. The molecule has 20 heavy (non-hydrogen) atoms. The topological polar surface area (TPSA) is 21.3 Å². The van der Waals surface area contributed by atoms with Gasteiger partial charge in [0, 0.05) is 18.2 Å². The number of hydrogen-bond donors (Lipinski definition) is 1. The van der Waals surface area contributed by atoms with Crippen molar-refractivity contribution in [3.63, 3.8) is 0 Å². The predicted molar refractivity (Wildman–Crippen MR) is 80.8 cm³/mol. The van der Waals surface area contributed by atoms with Gasteiger partial charge in [-0.2, -0.15) is 0 Å². The van der Waals surface area contributed by atoms with Crippen LogP contribution in [0.4, 0.5) is 4.39 Å². The largest absolute Gasteiger partial charge is 0.378 e. The van der Waals surface area contributed by atoms with E-state index >= 15 is 0 Å². The molecule has 0 heterocycles. The molecule has 1 N–H and O–H groups in total. The third-order valence-corrected chi connectivity index (χ3v) is 4.53. The van der Waals surface area contributed by atoms with Crippen LogP contribution in [-0.4, -0.2) is 25.3 Å². The van der Waals surface area contributed by atoms with Crippen LogP contribution in [0.5, 0.6) is 0 Å². The summed E-state index contributed by atoms with van der Waals surface area (Å²) in [5, 5.41) is 3.89. The number of halogens is 2. The van der Waals surface area contributed by atoms with E-state index in [0.717, 1.165) is 25.8 Å². The fourth-order valence-electron chi connectivity index (χ4n) is 2.97. The summed E-state index contributed by atoms with van der Waals surface area (Å²) in [7, 11) is 1.78. The van der Waals surface area contributed by atoms with Crippen molar-refractivity contribution in [2.75, 3.05) is 13.7 Å². The van der Waals surface area contributed by atoms with Crippen molar-refractivity contribution in [1.29, 1.82) is 0 Å². The highest BCUT2D eigenvalue weighted by Gasteiger charge is 2.38. The summed E-state index contributed by atoms with van der Waals surface area (Å²) < 4.78 is 19.6. The first-order chi connectivity index (χ1) is 9.58. The molecule has 0 aliphatic heterocycles. The van der Waals surface area contributed by atoms with Crippen molar-refractivity contribution >= 4 is 11.6 Å². The number of nitrogens with one attached hydrogen (secondary N) is 1. The summed E-state index contributed by atoms with van der Waals surface area (Å²) in [5.41, 5.74) is 0.710. The van der Waals surface area contributed by atoms with Crippen molar-refractivity contribution in [2.45, 2.75) is 50.7 Å². The Labute approximate surface area is 125 Å². The van der Waals surface area contributed by atoms with E-state index in [-0.39, 0.29) is 17.5 Å². The summed E-state index contributed by atoms with van der Waals surface area (Å²) in [4.78, 5) is 0.